The molecule has 0 radical (unpaired) electrons. The van der Waals surface area contributed by atoms with Gasteiger partial charge in [0.15, 0.2) is 6.10 Å². The minimum atomic E-state index is -4.73. The molecular weight excluding hydrogens is 294 g/mol. The third-order valence-corrected chi connectivity index (χ3v) is 3.18. The second-order valence-corrected chi connectivity index (χ2v) is 5.21. The summed E-state index contributed by atoms with van der Waals surface area (Å²) < 4.78 is 35.7. The van der Waals surface area contributed by atoms with Gasteiger partial charge in [-0.2, -0.15) is 8.42 Å². The number of hydrogen-bond acceptors (Lipinski definition) is 5. The second kappa shape index (κ2) is 6.49. The Hall–Kier alpha value is -2.22. The van der Waals surface area contributed by atoms with E-state index in [1.165, 1.54) is 0 Å². The van der Waals surface area contributed by atoms with Crippen LogP contribution in [-0.4, -0.2) is 23.9 Å². The lowest BCUT2D eigenvalue weighted by atomic mass is 9.99. The third kappa shape index (κ3) is 4.12. The number of rotatable bonds is 5. The van der Waals surface area contributed by atoms with E-state index >= 15 is 0 Å². The molecule has 2 aromatic rings. The Morgan fingerprint density at radius 3 is 2.00 bits per heavy atom. The van der Waals surface area contributed by atoms with E-state index in [0.717, 1.165) is 0 Å². The van der Waals surface area contributed by atoms with E-state index in [1.54, 1.807) is 60.7 Å². The fraction of sp³-hybridized carbons (Fsp3) is 0.0714. The van der Waals surface area contributed by atoms with Crippen LogP contribution in [0.2, 0.25) is 0 Å². The molecule has 0 aliphatic carbocycles. The Morgan fingerprint density at radius 1 is 1.00 bits per heavy atom. The van der Waals surface area contributed by atoms with Crippen molar-refractivity contribution in [3.63, 3.8) is 0 Å². The first-order valence-electron chi connectivity index (χ1n) is 5.99. The lowest BCUT2D eigenvalue weighted by molar-refractivity contribution is 0.229. The lowest BCUT2D eigenvalue weighted by Gasteiger charge is -2.17. The Bertz CT molecular complexity index is 714. The largest absolute Gasteiger partial charge is 0.411 e. The third-order valence-electron chi connectivity index (χ3n) is 2.75. The zero-order valence-corrected chi connectivity index (χ0v) is 11.6. The van der Waals surface area contributed by atoms with Gasteiger partial charge in [0.1, 0.15) is 5.71 Å². The van der Waals surface area contributed by atoms with E-state index in [2.05, 4.69) is 9.34 Å². The average Bonchev–Trinajstić information content (AvgIpc) is 2.48. The first-order chi connectivity index (χ1) is 10.0. The van der Waals surface area contributed by atoms with Crippen LogP contribution in [0.25, 0.3) is 0 Å². The Morgan fingerprint density at radius 2 is 1.52 bits per heavy atom. The molecule has 0 amide bonds. The van der Waals surface area contributed by atoms with E-state index < -0.39 is 16.5 Å². The smallest absolute Gasteiger partial charge is 0.398 e. The zero-order valence-electron chi connectivity index (χ0n) is 10.8. The van der Waals surface area contributed by atoms with Crippen LogP contribution in [0.4, 0.5) is 0 Å². The molecule has 0 saturated carbocycles. The molecule has 1 atom stereocenters. The zero-order chi connectivity index (χ0) is 15.3. The molecule has 110 valence electrons. The molecule has 1 unspecified atom stereocenters. The van der Waals surface area contributed by atoms with Crippen molar-refractivity contribution < 1.29 is 22.4 Å². The van der Waals surface area contributed by atoms with Crippen LogP contribution in [-0.2, 0) is 14.6 Å². The molecule has 0 spiro atoms. The summed E-state index contributed by atoms with van der Waals surface area (Å²) in [7, 11) is -4.73. The molecule has 0 aliphatic heterocycles. The van der Waals surface area contributed by atoms with E-state index in [4.69, 9.17) is 4.55 Å². The van der Waals surface area contributed by atoms with Gasteiger partial charge in [0.25, 0.3) is 0 Å². The molecule has 0 aliphatic rings. The highest BCUT2D eigenvalue weighted by molar-refractivity contribution is 7.80. The van der Waals surface area contributed by atoms with Crippen LogP contribution in [0.15, 0.2) is 65.8 Å². The number of nitrogens with zero attached hydrogens (tertiary/aromatic N) is 1. The van der Waals surface area contributed by atoms with Gasteiger partial charge in [-0.05, 0) is 5.56 Å². The van der Waals surface area contributed by atoms with E-state index in [1.807, 2.05) is 0 Å². The van der Waals surface area contributed by atoms with Gasteiger partial charge < -0.3 is 5.21 Å². The van der Waals surface area contributed by atoms with Crippen LogP contribution in [0.5, 0.6) is 0 Å². The molecule has 6 nitrogen and oxygen atoms in total. The first-order valence-corrected chi connectivity index (χ1v) is 7.36. The quantitative estimate of drug-likeness (QED) is 0.383. The van der Waals surface area contributed by atoms with Crippen LogP contribution < -0.4 is 0 Å². The fourth-order valence-corrected chi connectivity index (χ4v) is 2.32. The van der Waals surface area contributed by atoms with E-state index in [-0.39, 0.29) is 5.71 Å². The van der Waals surface area contributed by atoms with Gasteiger partial charge in [-0.3, -0.25) is 4.55 Å². The number of benzene rings is 2. The van der Waals surface area contributed by atoms with Gasteiger partial charge in [-0.25, -0.2) is 4.18 Å². The van der Waals surface area contributed by atoms with Crippen LogP contribution in [0, 0.1) is 0 Å². The molecule has 2 rings (SSSR count). The molecular formula is C14H13NO5S. The van der Waals surface area contributed by atoms with Gasteiger partial charge in [-0.1, -0.05) is 65.8 Å². The van der Waals surface area contributed by atoms with Crippen LogP contribution >= 0.6 is 0 Å². The highest BCUT2D eigenvalue weighted by atomic mass is 32.3. The minimum Gasteiger partial charge on any atom is -0.411 e. The minimum absolute atomic E-state index is 0.0283. The summed E-state index contributed by atoms with van der Waals surface area (Å²) in [6.45, 7) is 0. The molecule has 0 fully saturated rings. The molecule has 0 aromatic heterocycles. The maximum absolute atomic E-state index is 11.1. The van der Waals surface area contributed by atoms with Crippen molar-refractivity contribution in [1.82, 2.24) is 0 Å². The maximum atomic E-state index is 11.1. The topological polar surface area (TPSA) is 96.2 Å². The lowest BCUT2D eigenvalue weighted by Crippen LogP contribution is -2.21. The van der Waals surface area contributed by atoms with Crippen molar-refractivity contribution in [3.05, 3.63) is 71.8 Å². The van der Waals surface area contributed by atoms with E-state index in [0.29, 0.717) is 11.1 Å². The van der Waals surface area contributed by atoms with Gasteiger partial charge in [0.2, 0.25) is 0 Å². The van der Waals surface area contributed by atoms with Crippen molar-refractivity contribution in [2.45, 2.75) is 6.10 Å². The Labute approximate surface area is 122 Å². The summed E-state index contributed by atoms with van der Waals surface area (Å²) in [5.41, 5.74) is 0.865. The molecule has 0 heterocycles. The van der Waals surface area contributed by atoms with E-state index in [9.17, 15) is 13.6 Å². The van der Waals surface area contributed by atoms with Gasteiger partial charge in [0, 0.05) is 5.56 Å². The predicted molar refractivity (Wildman–Crippen MR) is 76.6 cm³/mol. The number of hydrogen-bond donors (Lipinski definition) is 2. The first kappa shape index (κ1) is 15.2. The van der Waals surface area contributed by atoms with Crippen LogP contribution in [0.1, 0.15) is 17.2 Å². The fourth-order valence-electron chi connectivity index (χ4n) is 1.88. The molecule has 7 heteroatoms. The Kier molecular flexibility index (Phi) is 4.69. The molecule has 2 N–H and O–H groups in total. The van der Waals surface area contributed by atoms with Gasteiger partial charge in [0.05, 0.1) is 0 Å². The van der Waals surface area contributed by atoms with Crippen LogP contribution in [0.3, 0.4) is 0 Å². The van der Waals surface area contributed by atoms with Crippen molar-refractivity contribution in [2.75, 3.05) is 0 Å². The monoisotopic (exact) mass is 307 g/mol. The predicted octanol–water partition coefficient (Wildman–Crippen LogP) is 2.43. The van der Waals surface area contributed by atoms with Crippen molar-refractivity contribution in [1.29, 1.82) is 0 Å². The summed E-state index contributed by atoms with van der Waals surface area (Å²) in [5, 5.41) is 12.4. The standard InChI is InChI=1S/C14H13NO5S/c16-15-13(11-7-3-1-4-8-11)14(20-21(17,18)19)12-9-5-2-6-10-12/h1-10,14,16H,(H,17,18,19)/b15-13-. The summed E-state index contributed by atoms with van der Waals surface area (Å²) >= 11 is 0. The van der Waals surface area contributed by atoms with Gasteiger partial charge in [-0.15, -0.1) is 0 Å². The Balaban J connectivity index is 2.49. The SMILES string of the molecule is O=S(=O)(O)OC(/C(=N\O)c1ccccc1)c1ccccc1. The van der Waals surface area contributed by atoms with Gasteiger partial charge >= 0.3 is 10.4 Å². The summed E-state index contributed by atoms with van der Waals surface area (Å²) in [4.78, 5) is 0. The molecule has 0 saturated heterocycles. The summed E-state index contributed by atoms with van der Waals surface area (Å²) in [5.74, 6) is 0. The second-order valence-electron chi connectivity index (χ2n) is 4.17. The maximum Gasteiger partial charge on any atom is 0.398 e. The molecule has 0 bridgehead atoms. The van der Waals surface area contributed by atoms with Crippen molar-refractivity contribution in [2.24, 2.45) is 5.16 Å². The summed E-state index contributed by atoms with van der Waals surface area (Å²) in [6, 6.07) is 16.7. The highest BCUT2D eigenvalue weighted by Crippen LogP contribution is 2.24. The number of oxime groups is 1. The highest BCUT2D eigenvalue weighted by Gasteiger charge is 2.26. The normalized spacial score (nSPS) is 13.9. The summed E-state index contributed by atoms with van der Waals surface area (Å²) in [6.07, 6.45) is -1.26. The molecule has 2 aromatic carbocycles. The van der Waals surface area contributed by atoms with Crippen molar-refractivity contribution >= 4 is 16.1 Å². The molecule has 21 heavy (non-hydrogen) atoms. The average molecular weight is 307 g/mol. The van der Waals surface area contributed by atoms with Crippen molar-refractivity contribution in [3.8, 4) is 0 Å².